The minimum absolute atomic E-state index is 0.0178. The van der Waals surface area contributed by atoms with Crippen molar-refractivity contribution in [1.29, 1.82) is 0 Å². The predicted molar refractivity (Wildman–Crippen MR) is 98.6 cm³/mol. The first-order chi connectivity index (χ1) is 12.0. The Hall–Kier alpha value is -2.25. The summed E-state index contributed by atoms with van der Waals surface area (Å²) in [5.74, 6) is -1.33. The highest BCUT2D eigenvalue weighted by Crippen LogP contribution is 2.37. The van der Waals surface area contributed by atoms with Crippen LogP contribution in [0.3, 0.4) is 0 Å². The summed E-state index contributed by atoms with van der Waals surface area (Å²) in [6.07, 6.45) is 0.803. The number of hydroxylamine groups is 2. The number of benzene rings is 2. The van der Waals surface area contributed by atoms with E-state index in [0.29, 0.717) is 16.0 Å². The van der Waals surface area contributed by atoms with E-state index >= 15 is 0 Å². The summed E-state index contributed by atoms with van der Waals surface area (Å²) in [4.78, 5) is 25.8. The Morgan fingerprint density at radius 3 is 2.15 bits per heavy atom. The highest BCUT2D eigenvalue weighted by Gasteiger charge is 2.38. The summed E-state index contributed by atoms with van der Waals surface area (Å²) in [7, 11) is -4.04. The lowest BCUT2D eigenvalue weighted by Crippen LogP contribution is -2.42. The van der Waals surface area contributed by atoms with Crippen LogP contribution in [0.2, 0.25) is 0 Å². The second kappa shape index (κ2) is 6.17. The number of nitrogens with zero attached hydrogens (tertiary/aromatic N) is 1. The van der Waals surface area contributed by atoms with E-state index in [1.807, 2.05) is 45.9 Å². The maximum atomic E-state index is 13.0. The van der Waals surface area contributed by atoms with Crippen LogP contribution in [0.5, 0.6) is 0 Å². The zero-order valence-electron chi connectivity index (χ0n) is 15.4. The summed E-state index contributed by atoms with van der Waals surface area (Å²) in [6.45, 7) is 7.87. The van der Waals surface area contributed by atoms with E-state index in [2.05, 4.69) is 0 Å². The average Bonchev–Trinajstić information content (AvgIpc) is 2.54. The lowest BCUT2D eigenvalue weighted by atomic mass is 9.85. The quantitative estimate of drug-likeness (QED) is 0.763. The molecule has 0 saturated heterocycles. The number of carbonyl (C=O) groups excluding carboxylic acids is 2. The lowest BCUT2D eigenvalue weighted by molar-refractivity contribution is -0.0150. The van der Waals surface area contributed by atoms with E-state index in [0.717, 1.165) is 22.8 Å². The Bertz CT molecular complexity index is 1040. The third kappa shape index (κ3) is 3.01. The van der Waals surface area contributed by atoms with E-state index in [-0.39, 0.29) is 17.4 Å². The van der Waals surface area contributed by atoms with Gasteiger partial charge in [-0.25, -0.2) is 0 Å². The monoisotopic (exact) mass is 375 g/mol. The Labute approximate surface area is 152 Å². The van der Waals surface area contributed by atoms with Crippen molar-refractivity contribution in [3.05, 3.63) is 46.5 Å². The van der Waals surface area contributed by atoms with E-state index in [1.165, 1.54) is 0 Å². The first kappa shape index (κ1) is 18.5. The Morgan fingerprint density at radius 1 is 0.962 bits per heavy atom. The fourth-order valence-electron chi connectivity index (χ4n) is 3.23. The second-order valence-corrected chi connectivity index (χ2v) is 8.75. The van der Waals surface area contributed by atoms with Crippen LogP contribution in [0.25, 0.3) is 10.8 Å². The second-order valence-electron chi connectivity index (χ2n) is 7.19. The average molecular weight is 375 g/mol. The number of hydrogen-bond donors (Lipinski definition) is 0. The SMILES string of the molecule is CC(C)c1cc2c3c(c(C(C)C)ccc3c1)C(=O)N(OS(C)(=O)=O)C2=O. The molecule has 0 aromatic heterocycles. The molecule has 2 aromatic carbocycles. The van der Waals surface area contributed by atoms with Crippen LogP contribution in [0.1, 0.15) is 71.4 Å². The van der Waals surface area contributed by atoms with Gasteiger partial charge in [0.25, 0.3) is 21.9 Å². The van der Waals surface area contributed by atoms with Gasteiger partial charge in [0.15, 0.2) is 0 Å². The molecule has 1 aliphatic heterocycles. The molecule has 138 valence electrons. The fourth-order valence-corrected chi connectivity index (χ4v) is 3.63. The van der Waals surface area contributed by atoms with E-state index in [1.54, 1.807) is 6.07 Å². The topological polar surface area (TPSA) is 80.8 Å². The molecule has 0 aliphatic carbocycles. The molecule has 0 radical (unpaired) electrons. The van der Waals surface area contributed by atoms with Gasteiger partial charge in [0.2, 0.25) is 0 Å². The van der Waals surface area contributed by atoms with Crippen molar-refractivity contribution in [2.45, 2.75) is 39.5 Å². The van der Waals surface area contributed by atoms with E-state index < -0.39 is 21.9 Å². The zero-order chi connectivity index (χ0) is 19.4. The smallest absolute Gasteiger partial charge is 0.266 e. The number of imide groups is 1. The molecule has 1 aliphatic rings. The summed E-state index contributed by atoms with van der Waals surface area (Å²) < 4.78 is 27.9. The molecule has 0 bridgehead atoms. The predicted octanol–water partition coefficient (Wildman–Crippen LogP) is 3.57. The van der Waals surface area contributed by atoms with Crippen LogP contribution in [0.15, 0.2) is 24.3 Å². The first-order valence-corrected chi connectivity index (χ1v) is 10.2. The maximum absolute atomic E-state index is 13.0. The first-order valence-electron chi connectivity index (χ1n) is 8.40. The van der Waals surface area contributed by atoms with Crippen molar-refractivity contribution < 1.29 is 22.3 Å². The molecular weight excluding hydrogens is 354 g/mol. The highest BCUT2D eigenvalue weighted by atomic mass is 32.2. The molecule has 0 saturated carbocycles. The molecule has 0 spiro atoms. The molecule has 0 N–H and O–H groups in total. The van der Waals surface area contributed by atoms with Gasteiger partial charge in [-0.1, -0.05) is 45.9 Å². The van der Waals surface area contributed by atoms with Crippen molar-refractivity contribution in [2.75, 3.05) is 6.26 Å². The van der Waals surface area contributed by atoms with Gasteiger partial charge in [0, 0.05) is 5.39 Å². The molecule has 1 heterocycles. The van der Waals surface area contributed by atoms with Crippen molar-refractivity contribution >= 4 is 32.7 Å². The van der Waals surface area contributed by atoms with Gasteiger partial charge in [-0.2, -0.15) is 8.42 Å². The minimum atomic E-state index is -4.04. The molecule has 3 rings (SSSR count). The Kier molecular flexibility index (Phi) is 4.40. The van der Waals surface area contributed by atoms with Gasteiger partial charge < -0.3 is 0 Å². The van der Waals surface area contributed by atoms with Gasteiger partial charge in [0.05, 0.1) is 17.4 Å². The molecule has 7 heteroatoms. The van der Waals surface area contributed by atoms with E-state index in [4.69, 9.17) is 4.28 Å². The third-order valence-electron chi connectivity index (χ3n) is 4.48. The van der Waals surface area contributed by atoms with Gasteiger partial charge in [-0.15, -0.1) is 9.35 Å². The number of hydrogen-bond acceptors (Lipinski definition) is 5. The highest BCUT2D eigenvalue weighted by molar-refractivity contribution is 7.85. The fraction of sp³-hybridized carbons (Fsp3) is 0.368. The molecule has 2 aromatic rings. The summed E-state index contributed by atoms with van der Waals surface area (Å²) in [6, 6.07) is 7.43. The Morgan fingerprint density at radius 2 is 1.62 bits per heavy atom. The van der Waals surface area contributed by atoms with Crippen molar-refractivity contribution in [3.63, 3.8) is 0 Å². The summed E-state index contributed by atoms with van der Waals surface area (Å²) in [5, 5.41) is 1.71. The van der Waals surface area contributed by atoms with Crippen LogP contribution in [-0.2, 0) is 14.4 Å². The molecular formula is C19H21NO5S. The van der Waals surface area contributed by atoms with Crippen molar-refractivity contribution in [3.8, 4) is 0 Å². The van der Waals surface area contributed by atoms with Crippen LogP contribution < -0.4 is 0 Å². The normalized spacial score (nSPS) is 14.8. The van der Waals surface area contributed by atoms with Gasteiger partial charge in [-0.3, -0.25) is 9.59 Å². The van der Waals surface area contributed by atoms with Crippen LogP contribution in [0, 0.1) is 0 Å². The largest absolute Gasteiger partial charge is 0.287 e. The summed E-state index contributed by atoms with van der Waals surface area (Å²) >= 11 is 0. The van der Waals surface area contributed by atoms with Gasteiger partial charge in [-0.05, 0) is 34.4 Å². The van der Waals surface area contributed by atoms with Crippen LogP contribution in [-0.4, -0.2) is 31.6 Å². The molecule has 0 atom stereocenters. The van der Waals surface area contributed by atoms with Crippen molar-refractivity contribution in [1.82, 2.24) is 5.06 Å². The molecule has 6 nitrogen and oxygen atoms in total. The zero-order valence-corrected chi connectivity index (χ0v) is 16.2. The molecule has 26 heavy (non-hydrogen) atoms. The van der Waals surface area contributed by atoms with Gasteiger partial charge in [0.1, 0.15) is 0 Å². The lowest BCUT2D eigenvalue weighted by Gasteiger charge is -2.28. The van der Waals surface area contributed by atoms with E-state index in [9.17, 15) is 18.0 Å². The molecule has 2 amide bonds. The molecule has 0 unspecified atom stereocenters. The Balaban J connectivity index is 2.39. The minimum Gasteiger partial charge on any atom is -0.266 e. The standard InChI is InChI=1S/C19H21NO5S/c1-10(2)13-8-12-6-7-14(11(3)4)17-16(12)15(9-13)18(21)20(19(17)22)25-26(5,23)24/h6-11H,1-5H3. The maximum Gasteiger partial charge on any atom is 0.287 e. The number of carbonyl (C=O) groups is 2. The summed E-state index contributed by atoms with van der Waals surface area (Å²) in [5.41, 5.74) is 2.28. The van der Waals surface area contributed by atoms with Gasteiger partial charge >= 0.3 is 0 Å². The third-order valence-corrected chi connectivity index (χ3v) is 4.90. The van der Waals surface area contributed by atoms with Crippen LogP contribution >= 0.6 is 0 Å². The van der Waals surface area contributed by atoms with Crippen LogP contribution in [0.4, 0.5) is 0 Å². The van der Waals surface area contributed by atoms with Crippen molar-refractivity contribution in [2.24, 2.45) is 0 Å². The molecule has 0 fully saturated rings. The number of rotatable bonds is 4. The number of amides is 2.